The molecule has 4 fully saturated rings. The number of nitrogen functional groups attached to an aromatic ring is 1. The van der Waals surface area contributed by atoms with E-state index in [4.69, 9.17) is 15.2 Å². The number of alkyl halides is 2. The Hall–Kier alpha value is -2.78. The van der Waals surface area contributed by atoms with Crippen molar-refractivity contribution in [2.24, 2.45) is 0 Å². The number of anilines is 1. The number of halogens is 2. The van der Waals surface area contributed by atoms with Gasteiger partial charge in [-0.05, 0) is 69.1 Å². The van der Waals surface area contributed by atoms with E-state index in [1.54, 1.807) is 0 Å². The second-order valence-electron chi connectivity index (χ2n) is 12.1. The lowest BCUT2D eigenvalue weighted by molar-refractivity contribution is -0.0664. The van der Waals surface area contributed by atoms with Crippen molar-refractivity contribution in [1.82, 2.24) is 19.4 Å². The van der Waals surface area contributed by atoms with Gasteiger partial charge < -0.3 is 19.8 Å². The highest BCUT2D eigenvalue weighted by Crippen LogP contribution is 2.44. The fourth-order valence-electron chi connectivity index (χ4n) is 7.38. The molecule has 0 unspecified atom stereocenters. The van der Waals surface area contributed by atoms with E-state index < -0.39 is 5.92 Å². The molecule has 39 heavy (non-hydrogen) atoms. The summed E-state index contributed by atoms with van der Waals surface area (Å²) in [4.78, 5) is 11.2. The third kappa shape index (κ3) is 4.78. The first kappa shape index (κ1) is 25.2. The topological polar surface area (TPSA) is 78.4 Å². The predicted octanol–water partition coefficient (Wildman–Crippen LogP) is 5.99. The van der Waals surface area contributed by atoms with Gasteiger partial charge in [0.05, 0.1) is 11.5 Å². The standard InChI is InChI=1S/C30H37F2N5O2/c31-30(32)12-14-36(15-13-30)21-4-6-22(7-5-21)37-17-25(26-27(33)34-19-35-28(26)37)20-2-1-3-24(16-20)38-18-29-10-8-23(39-29)9-11-29/h1-3,16-17,19,21-23H,4-15,18H2,(H2,33,34,35)/t21-,22-,23?,29?. The van der Waals surface area contributed by atoms with Crippen LogP contribution in [0.15, 0.2) is 36.8 Å². The van der Waals surface area contributed by atoms with Gasteiger partial charge in [-0.15, -0.1) is 0 Å². The number of aromatic nitrogens is 3. The molecule has 1 aromatic carbocycles. The van der Waals surface area contributed by atoms with E-state index in [9.17, 15) is 8.78 Å². The molecule has 2 N–H and O–H groups in total. The Morgan fingerprint density at radius 3 is 2.44 bits per heavy atom. The summed E-state index contributed by atoms with van der Waals surface area (Å²) < 4.78 is 42.1. The van der Waals surface area contributed by atoms with Gasteiger partial charge in [0.15, 0.2) is 0 Å². The molecule has 2 aromatic heterocycles. The summed E-state index contributed by atoms with van der Waals surface area (Å²) in [5.41, 5.74) is 9.17. The third-order valence-electron chi connectivity index (χ3n) is 9.65. The van der Waals surface area contributed by atoms with Crippen LogP contribution in [0.1, 0.15) is 70.3 Å². The minimum absolute atomic E-state index is 0.0218. The molecule has 7 nitrogen and oxygen atoms in total. The molecule has 7 rings (SSSR count). The average molecular weight is 538 g/mol. The van der Waals surface area contributed by atoms with Crippen molar-refractivity contribution < 1.29 is 18.3 Å². The maximum absolute atomic E-state index is 13.7. The monoisotopic (exact) mass is 537 g/mol. The third-order valence-corrected chi connectivity index (χ3v) is 9.65. The second-order valence-corrected chi connectivity index (χ2v) is 12.1. The van der Waals surface area contributed by atoms with Gasteiger partial charge in [0.25, 0.3) is 5.92 Å². The van der Waals surface area contributed by atoms with Crippen LogP contribution in [0.4, 0.5) is 14.6 Å². The molecule has 4 aliphatic rings. The highest BCUT2D eigenvalue weighted by molar-refractivity contribution is 6.00. The highest BCUT2D eigenvalue weighted by atomic mass is 19.3. The van der Waals surface area contributed by atoms with Gasteiger partial charge in [0, 0.05) is 49.8 Å². The summed E-state index contributed by atoms with van der Waals surface area (Å²) in [7, 11) is 0. The van der Waals surface area contributed by atoms with Crippen LogP contribution in [-0.4, -0.2) is 62.8 Å². The first-order valence-corrected chi connectivity index (χ1v) is 14.5. The maximum atomic E-state index is 13.7. The van der Waals surface area contributed by atoms with Gasteiger partial charge in [0.2, 0.25) is 0 Å². The summed E-state index contributed by atoms with van der Waals surface area (Å²) in [6, 6.07) is 8.84. The van der Waals surface area contributed by atoms with E-state index >= 15 is 0 Å². The zero-order chi connectivity index (χ0) is 26.6. The Morgan fingerprint density at radius 1 is 0.974 bits per heavy atom. The summed E-state index contributed by atoms with van der Waals surface area (Å²) >= 11 is 0. The number of benzene rings is 1. The van der Waals surface area contributed by atoms with Crippen LogP contribution >= 0.6 is 0 Å². The molecular weight excluding hydrogens is 500 g/mol. The van der Waals surface area contributed by atoms with Crippen molar-refractivity contribution in [1.29, 1.82) is 0 Å². The molecule has 3 aliphatic heterocycles. The van der Waals surface area contributed by atoms with E-state index in [0.717, 1.165) is 79.3 Å². The lowest BCUT2D eigenvalue weighted by Gasteiger charge is -2.41. The minimum Gasteiger partial charge on any atom is -0.491 e. The number of nitrogens with zero attached hydrogens (tertiary/aromatic N) is 4. The fraction of sp³-hybridized carbons (Fsp3) is 0.600. The zero-order valence-corrected chi connectivity index (χ0v) is 22.3. The number of ether oxygens (including phenoxy) is 2. The van der Waals surface area contributed by atoms with Crippen LogP contribution in [0.25, 0.3) is 22.2 Å². The number of hydrogen-bond donors (Lipinski definition) is 1. The van der Waals surface area contributed by atoms with Gasteiger partial charge in [-0.2, -0.15) is 0 Å². The first-order chi connectivity index (χ1) is 18.9. The normalized spacial score (nSPS) is 30.7. The summed E-state index contributed by atoms with van der Waals surface area (Å²) in [6.07, 6.45) is 12.5. The molecular formula is C30H37F2N5O2. The molecule has 0 amide bonds. The molecule has 208 valence electrons. The van der Waals surface area contributed by atoms with Gasteiger partial charge in [-0.25, -0.2) is 18.7 Å². The molecule has 0 radical (unpaired) electrons. The average Bonchev–Trinajstić information content (AvgIpc) is 3.67. The zero-order valence-electron chi connectivity index (χ0n) is 22.3. The van der Waals surface area contributed by atoms with E-state index in [1.165, 1.54) is 6.33 Å². The van der Waals surface area contributed by atoms with Gasteiger partial charge in [-0.3, -0.25) is 4.90 Å². The number of piperidine rings is 1. The smallest absolute Gasteiger partial charge is 0.250 e. The molecule has 2 bridgehead atoms. The Labute approximate surface area is 227 Å². The van der Waals surface area contributed by atoms with Crippen LogP contribution in [0, 0.1) is 0 Å². The van der Waals surface area contributed by atoms with Crippen molar-refractivity contribution in [3.63, 3.8) is 0 Å². The maximum Gasteiger partial charge on any atom is 0.250 e. The highest BCUT2D eigenvalue weighted by Gasteiger charge is 2.46. The molecule has 9 heteroatoms. The quantitative estimate of drug-likeness (QED) is 0.417. The minimum atomic E-state index is -2.50. The van der Waals surface area contributed by atoms with Crippen LogP contribution < -0.4 is 10.5 Å². The Kier molecular flexibility index (Phi) is 6.27. The molecule has 1 saturated carbocycles. The predicted molar refractivity (Wildman–Crippen MR) is 146 cm³/mol. The number of hydrogen-bond acceptors (Lipinski definition) is 6. The Morgan fingerprint density at radius 2 is 1.72 bits per heavy atom. The van der Waals surface area contributed by atoms with Gasteiger partial charge in [-0.1, -0.05) is 12.1 Å². The van der Waals surface area contributed by atoms with Crippen molar-refractivity contribution in [2.45, 2.75) is 93.9 Å². The lowest BCUT2D eigenvalue weighted by Crippen LogP contribution is -2.46. The SMILES string of the molecule is Nc1ncnc2c1c(-c1cccc(OCC34CCC(CC3)O4)c1)cn2[C@H]1CC[C@H](N2CCC(F)(F)CC2)CC1. The van der Waals surface area contributed by atoms with E-state index in [-0.39, 0.29) is 24.5 Å². The van der Waals surface area contributed by atoms with Crippen molar-refractivity contribution in [3.05, 3.63) is 36.8 Å². The van der Waals surface area contributed by atoms with E-state index in [0.29, 0.717) is 37.7 Å². The lowest BCUT2D eigenvalue weighted by atomic mass is 9.88. The van der Waals surface area contributed by atoms with Crippen LogP contribution in [0.2, 0.25) is 0 Å². The second kappa shape index (κ2) is 9.70. The van der Waals surface area contributed by atoms with Crippen LogP contribution in [-0.2, 0) is 4.74 Å². The summed E-state index contributed by atoms with van der Waals surface area (Å²) in [6.45, 7) is 1.57. The van der Waals surface area contributed by atoms with Gasteiger partial charge >= 0.3 is 0 Å². The van der Waals surface area contributed by atoms with Crippen LogP contribution in [0.3, 0.4) is 0 Å². The molecule has 5 heterocycles. The number of likely N-dealkylation sites (tertiary alicyclic amines) is 1. The largest absolute Gasteiger partial charge is 0.491 e. The number of rotatable bonds is 6. The molecule has 1 aliphatic carbocycles. The molecule has 0 spiro atoms. The van der Waals surface area contributed by atoms with Crippen LogP contribution in [0.5, 0.6) is 5.75 Å². The van der Waals surface area contributed by atoms with Crippen molar-refractivity contribution >= 4 is 16.9 Å². The number of nitrogens with two attached hydrogens (primary N) is 1. The number of fused-ring (bicyclic) bond motifs is 3. The fourth-order valence-corrected chi connectivity index (χ4v) is 7.38. The molecule has 3 aromatic rings. The first-order valence-electron chi connectivity index (χ1n) is 14.5. The summed E-state index contributed by atoms with van der Waals surface area (Å²) in [5.74, 6) is -1.21. The van der Waals surface area contributed by atoms with Crippen molar-refractivity contribution in [2.75, 3.05) is 25.4 Å². The summed E-state index contributed by atoms with van der Waals surface area (Å²) in [5, 5.41) is 0.867. The molecule has 0 atom stereocenters. The van der Waals surface area contributed by atoms with Gasteiger partial charge in [0.1, 0.15) is 35.7 Å². The Bertz CT molecular complexity index is 1330. The van der Waals surface area contributed by atoms with E-state index in [2.05, 4.69) is 37.8 Å². The molecule has 3 saturated heterocycles. The van der Waals surface area contributed by atoms with Crippen molar-refractivity contribution in [3.8, 4) is 16.9 Å². The Balaban J connectivity index is 1.11. The van der Waals surface area contributed by atoms with E-state index in [1.807, 2.05) is 12.1 Å².